The van der Waals surface area contributed by atoms with Gasteiger partial charge in [0, 0.05) is 35.2 Å². The van der Waals surface area contributed by atoms with E-state index in [2.05, 4.69) is 21.3 Å². The van der Waals surface area contributed by atoms with Crippen LogP contribution in [-0.4, -0.2) is 60.4 Å². The molecule has 0 spiro atoms. The maximum Gasteiger partial charge on any atom is 0.339 e. The Balaban J connectivity index is 1.19. The summed E-state index contributed by atoms with van der Waals surface area (Å²) in [4.78, 5) is 72.9. The maximum absolute atomic E-state index is 12.7. The molecule has 45 heavy (non-hydrogen) atoms. The topological polar surface area (TPSA) is 197 Å². The van der Waals surface area contributed by atoms with Crippen molar-refractivity contribution in [2.24, 2.45) is 0 Å². The number of carboxylic acids is 1. The fourth-order valence-electron chi connectivity index (χ4n) is 4.80. The van der Waals surface area contributed by atoms with Gasteiger partial charge in [-0.25, -0.2) is 9.59 Å². The minimum Gasteiger partial charge on any atom is -0.480 e. The molecule has 0 aliphatic heterocycles. The van der Waals surface area contributed by atoms with Crippen LogP contribution in [0.5, 0.6) is 0 Å². The van der Waals surface area contributed by atoms with E-state index in [1.807, 2.05) is 19.9 Å². The molecule has 0 fully saturated rings. The monoisotopic (exact) mass is 618 g/mol. The van der Waals surface area contributed by atoms with E-state index < -0.39 is 60.9 Å². The number of hydrogen-bond acceptors (Lipinski definition) is 8. The third-order valence-corrected chi connectivity index (χ3v) is 7.44. The molecule has 4 amide bonds. The maximum atomic E-state index is 12.7. The Morgan fingerprint density at radius 2 is 1.33 bits per heavy atom. The highest BCUT2D eigenvalue weighted by molar-refractivity contribution is 5.97. The molecule has 0 aliphatic carbocycles. The van der Waals surface area contributed by atoms with Crippen LogP contribution in [0.1, 0.15) is 34.4 Å². The zero-order valence-corrected chi connectivity index (χ0v) is 25.1. The van der Waals surface area contributed by atoms with Crippen LogP contribution in [0.25, 0.3) is 21.9 Å². The molecule has 2 aromatic carbocycles. The van der Waals surface area contributed by atoms with Gasteiger partial charge in [0.2, 0.25) is 23.6 Å². The van der Waals surface area contributed by atoms with Crippen molar-refractivity contribution in [3.63, 3.8) is 0 Å². The molecular weight excluding hydrogens is 584 g/mol. The Bertz CT molecular complexity index is 1830. The molecular formula is C32H34N4O9. The number of fused-ring (bicyclic) bond motifs is 2. The quantitative estimate of drug-likeness (QED) is 0.138. The van der Waals surface area contributed by atoms with Gasteiger partial charge in [-0.15, -0.1) is 0 Å². The number of aliphatic carboxylic acids is 1. The van der Waals surface area contributed by atoms with Gasteiger partial charge in [-0.2, -0.15) is 0 Å². The van der Waals surface area contributed by atoms with E-state index in [1.165, 1.54) is 0 Å². The Morgan fingerprint density at radius 1 is 0.756 bits per heavy atom. The number of nitrogens with one attached hydrogen (secondary N) is 4. The van der Waals surface area contributed by atoms with Crippen molar-refractivity contribution in [3.8, 4) is 0 Å². The smallest absolute Gasteiger partial charge is 0.339 e. The van der Waals surface area contributed by atoms with Crippen molar-refractivity contribution in [3.05, 3.63) is 80.9 Å². The lowest BCUT2D eigenvalue weighted by Crippen LogP contribution is -2.48. The number of amides is 4. The number of hydrogen-bond donors (Lipinski definition) is 5. The molecule has 4 rings (SSSR count). The number of carboxylic acid groups (broad SMARTS) is 1. The third-order valence-electron chi connectivity index (χ3n) is 7.44. The van der Waals surface area contributed by atoms with Crippen molar-refractivity contribution in [2.75, 3.05) is 19.6 Å². The number of benzene rings is 2. The van der Waals surface area contributed by atoms with E-state index in [1.54, 1.807) is 43.3 Å². The minimum absolute atomic E-state index is 0.0710. The van der Waals surface area contributed by atoms with Gasteiger partial charge < -0.3 is 35.2 Å². The zero-order valence-electron chi connectivity index (χ0n) is 25.1. The lowest BCUT2D eigenvalue weighted by Gasteiger charge is -2.15. The van der Waals surface area contributed by atoms with Gasteiger partial charge >= 0.3 is 11.6 Å². The Kier molecular flexibility index (Phi) is 10.3. The van der Waals surface area contributed by atoms with Gasteiger partial charge in [-0.1, -0.05) is 30.3 Å². The fourth-order valence-corrected chi connectivity index (χ4v) is 4.80. The highest BCUT2D eigenvalue weighted by Gasteiger charge is 2.21. The van der Waals surface area contributed by atoms with Crippen molar-refractivity contribution in [1.29, 1.82) is 0 Å². The molecule has 1 atom stereocenters. The van der Waals surface area contributed by atoms with Crippen LogP contribution in [0.2, 0.25) is 0 Å². The molecule has 13 nitrogen and oxygen atoms in total. The van der Waals surface area contributed by atoms with Crippen LogP contribution >= 0.6 is 0 Å². The van der Waals surface area contributed by atoms with Gasteiger partial charge in [0.25, 0.3) is 0 Å². The molecule has 0 aliphatic rings. The summed E-state index contributed by atoms with van der Waals surface area (Å²) in [6.07, 6.45) is 0.0901. The average Bonchev–Trinajstić information content (AvgIpc) is 3.28. The molecule has 1 unspecified atom stereocenters. The highest BCUT2D eigenvalue weighted by atomic mass is 16.4. The lowest BCUT2D eigenvalue weighted by atomic mass is 10.0. The van der Waals surface area contributed by atoms with E-state index in [-0.39, 0.29) is 19.3 Å². The zero-order chi connectivity index (χ0) is 32.7. The fraction of sp³-hybridized carbons (Fsp3) is 0.312. The molecule has 5 N–H and O–H groups in total. The van der Waals surface area contributed by atoms with Crippen LogP contribution in [0, 0.1) is 20.8 Å². The average molecular weight is 619 g/mol. The van der Waals surface area contributed by atoms with Crippen molar-refractivity contribution in [2.45, 2.75) is 46.1 Å². The molecule has 4 aromatic rings. The highest BCUT2D eigenvalue weighted by Crippen LogP contribution is 2.31. The van der Waals surface area contributed by atoms with Gasteiger partial charge in [0.1, 0.15) is 23.0 Å². The van der Waals surface area contributed by atoms with Gasteiger partial charge in [-0.3, -0.25) is 19.2 Å². The van der Waals surface area contributed by atoms with Crippen LogP contribution in [-0.2, 0) is 36.8 Å². The minimum atomic E-state index is -1.22. The van der Waals surface area contributed by atoms with Crippen LogP contribution in [0.4, 0.5) is 0 Å². The predicted molar refractivity (Wildman–Crippen MR) is 164 cm³/mol. The van der Waals surface area contributed by atoms with E-state index in [9.17, 15) is 33.9 Å². The number of rotatable bonds is 13. The third kappa shape index (κ3) is 8.34. The summed E-state index contributed by atoms with van der Waals surface area (Å²) >= 11 is 0. The lowest BCUT2D eigenvalue weighted by molar-refractivity contribution is -0.141. The Labute approximate surface area is 257 Å². The first kappa shape index (κ1) is 32.5. The Morgan fingerprint density at radius 3 is 1.98 bits per heavy atom. The summed E-state index contributed by atoms with van der Waals surface area (Å²) in [7, 11) is 0. The predicted octanol–water partition coefficient (Wildman–Crippen LogP) is 1.56. The molecule has 0 bridgehead atoms. The summed E-state index contributed by atoms with van der Waals surface area (Å²) in [5.74, 6) is -2.96. The first-order valence-corrected chi connectivity index (χ1v) is 14.2. The molecule has 236 valence electrons. The van der Waals surface area contributed by atoms with Crippen LogP contribution in [0.15, 0.2) is 56.1 Å². The molecule has 0 saturated heterocycles. The van der Waals surface area contributed by atoms with Crippen molar-refractivity contribution >= 4 is 51.5 Å². The summed E-state index contributed by atoms with van der Waals surface area (Å²) in [5, 5.41) is 20.5. The molecule has 0 saturated carbocycles. The first-order valence-electron chi connectivity index (χ1n) is 14.2. The van der Waals surface area contributed by atoms with Crippen LogP contribution in [0.3, 0.4) is 0 Å². The summed E-state index contributed by atoms with van der Waals surface area (Å²) in [5.41, 5.74) is 3.22. The van der Waals surface area contributed by atoms with Gasteiger partial charge in [-0.05, 0) is 49.9 Å². The van der Waals surface area contributed by atoms with E-state index in [0.717, 1.165) is 27.7 Å². The number of carbonyl (C=O) groups is 5. The summed E-state index contributed by atoms with van der Waals surface area (Å²) < 4.78 is 11.2. The second-order valence-electron chi connectivity index (χ2n) is 10.6. The van der Waals surface area contributed by atoms with E-state index in [0.29, 0.717) is 22.3 Å². The molecule has 2 heterocycles. The van der Waals surface area contributed by atoms with Gasteiger partial charge in [0.05, 0.1) is 19.6 Å². The summed E-state index contributed by atoms with van der Waals surface area (Å²) in [6, 6.07) is 11.2. The number of furan rings is 1. The summed E-state index contributed by atoms with van der Waals surface area (Å²) in [6.45, 7) is 4.23. The molecule has 13 heteroatoms. The second-order valence-corrected chi connectivity index (χ2v) is 10.6. The number of carbonyl (C=O) groups excluding carboxylic acids is 4. The normalized spacial score (nSPS) is 11.6. The van der Waals surface area contributed by atoms with Gasteiger partial charge in [0.15, 0.2) is 0 Å². The largest absolute Gasteiger partial charge is 0.480 e. The van der Waals surface area contributed by atoms with Crippen LogP contribution < -0.4 is 26.9 Å². The standard InChI is InChI=1S/C32H34N4O9/c1-17-19(3)44-25-13-26-23(12-22(17)25)18(2)21(32(43)45-26)9-10-27(37)33-14-28(38)34-15-29(39)35-16-30(40)36-24(31(41)42)11-20-7-5-4-6-8-20/h4-8,12-13,24H,9-11,14-16H2,1-3H3,(H,33,37)(H,34,38)(H,35,39)(H,36,40)(H,41,42). The number of aryl methyl sites for hydroxylation is 3. The van der Waals surface area contributed by atoms with Crippen molar-refractivity contribution < 1.29 is 37.9 Å². The van der Waals surface area contributed by atoms with E-state index in [4.69, 9.17) is 8.83 Å². The second kappa shape index (κ2) is 14.3. The Hall–Kier alpha value is -5.46. The van der Waals surface area contributed by atoms with E-state index >= 15 is 0 Å². The SMILES string of the molecule is Cc1oc2cc3oc(=O)c(CCC(=O)NCC(=O)NCC(=O)NCC(=O)NC(Cc4ccccc4)C(=O)O)c(C)c3cc2c1C. The molecule has 0 radical (unpaired) electrons. The first-order chi connectivity index (χ1) is 21.4. The van der Waals surface area contributed by atoms with Crippen molar-refractivity contribution in [1.82, 2.24) is 21.3 Å². The molecule has 2 aromatic heterocycles.